The highest BCUT2D eigenvalue weighted by atomic mass is 16.1. The smallest absolute Gasteiger partial charge is 0.136 e. The van der Waals surface area contributed by atoms with Gasteiger partial charge in [-0.15, -0.1) is 0 Å². The molecule has 16 heavy (non-hydrogen) atoms. The van der Waals surface area contributed by atoms with Crippen molar-refractivity contribution in [2.45, 2.75) is 32.4 Å². The summed E-state index contributed by atoms with van der Waals surface area (Å²) < 4.78 is 0. The highest BCUT2D eigenvalue weighted by Gasteiger charge is 2.21. The Morgan fingerprint density at radius 3 is 2.56 bits per heavy atom. The second-order valence-corrected chi connectivity index (χ2v) is 4.29. The molecule has 1 unspecified atom stereocenters. The van der Waals surface area contributed by atoms with E-state index in [9.17, 15) is 4.79 Å². The summed E-state index contributed by atoms with van der Waals surface area (Å²) in [5, 5.41) is 0. The van der Waals surface area contributed by atoms with E-state index in [2.05, 4.69) is 43.1 Å². The molecule has 0 bridgehead atoms. The molecule has 0 amide bonds. The van der Waals surface area contributed by atoms with Crippen LogP contribution in [-0.2, 0) is 11.2 Å². The summed E-state index contributed by atoms with van der Waals surface area (Å²) in [6, 6.07) is 9.01. The Hall–Kier alpha value is -1.35. The molecule has 1 aromatic carbocycles. The van der Waals surface area contributed by atoms with Gasteiger partial charge in [0.05, 0.1) is 6.04 Å². The van der Waals surface area contributed by atoms with E-state index in [1.165, 1.54) is 17.7 Å². The first kappa shape index (κ1) is 12.7. The normalized spacial score (nSPS) is 19.5. The van der Waals surface area contributed by atoms with Gasteiger partial charge in [0.1, 0.15) is 6.29 Å². The van der Waals surface area contributed by atoms with Crippen molar-refractivity contribution >= 4 is 12.0 Å². The summed E-state index contributed by atoms with van der Waals surface area (Å²) in [6.45, 7) is 3.90. The van der Waals surface area contributed by atoms with Gasteiger partial charge in [-0.25, -0.2) is 0 Å². The fourth-order valence-corrected chi connectivity index (χ4v) is 1.72. The van der Waals surface area contributed by atoms with Gasteiger partial charge in [-0.3, -0.25) is 0 Å². The second-order valence-electron chi connectivity index (χ2n) is 4.29. The Labute approximate surface area is 97.2 Å². The van der Waals surface area contributed by atoms with Gasteiger partial charge in [0.15, 0.2) is 0 Å². The first-order chi connectivity index (χ1) is 7.56. The third-order valence-corrected chi connectivity index (χ3v) is 2.76. The van der Waals surface area contributed by atoms with Crippen LogP contribution in [0.25, 0.3) is 0 Å². The number of likely N-dealkylation sites (N-methyl/N-ethyl adjacent to an activating group) is 1. The van der Waals surface area contributed by atoms with Gasteiger partial charge < -0.3 is 15.4 Å². The molecule has 1 aliphatic heterocycles. The molecule has 0 saturated carbocycles. The van der Waals surface area contributed by atoms with Gasteiger partial charge >= 0.3 is 0 Å². The molecule has 0 saturated heterocycles. The summed E-state index contributed by atoms with van der Waals surface area (Å²) in [5.74, 6) is 0. The number of benzene rings is 1. The minimum atomic E-state index is -0.296. The third kappa shape index (κ3) is 3.07. The number of hydrogen-bond donors (Lipinski definition) is 1. The van der Waals surface area contributed by atoms with Gasteiger partial charge in [-0.2, -0.15) is 0 Å². The Morgan fingerprint density at radius 2 is 2.06 bits per heavy atom. The van der Waals surface area contributed by atoms with E-state index < -0.39 is 0 Å². The number of nitrogens with two attached hydrogens (primary N) is 1. The van der Waals surface area contributed by atoms with Gasteiger partial charge in [0, 0.05) is 18.8 Å². The number of para-hydroxylation sites is 1. The topological polar surface area (TPSA) is 46.3 Å². The lowest BCUT2D eigenvalue weighted by atomic mass is 10.1. The molecule has 1 aromatic rings. The Kier molecular flexibility index (Phi) is 4.50. The van der Waals surface area contributed by atoms with Crippen LogP contribution >= 0.6 is 0 Å². The van der Waals surface area contributed by atoms with Crippen LogP contribution in [0.3, 0.4) is 0 Å². The van der Waals surface area contributed by atoms with E-state index in [0.717, 1.165) is 0 Å². The maximum Gasteiger partial charge on any atom is 0.136 e. The summed E-state index contributed by atoms with van der Waals surface area (Å²) in [7, 11) is 2.16. The molecule has 0 aliphatic carbocycles. The SMILES string of the molecule is CC(N)C=O.C[C@H]1Cc2ccccc2N1C. The third-order valence-electron chi connectivity index (χ3n) is 2.76. The van der Waals surface area contributed by atoms with E-state index in [1.54, 1.807) is 6.92 Å². The van der Waals surface area contributed by atoms with Crippen molar-refractivity contribution in [1.29, 1.82) is 0 Å². The lowest BCUT2D eigenvalue weighted by Gasteiger charge is -2.17. The maximum atomic E-state index is 9.38. The Morgan fingerprint density at radius 1 is 1.50 bits per heavy atom. The number of anilines is 1. The number of hydrogen-bond acceptors (Lipinski definition) is 3. The zero-order valence-corrected chi connectivity index (χ0v) is 10.2. The van der Waals surface area contributed by atoms with Gasteiger partial charge in [-0.1, -0.05) is 18.2 Å². The van der Waals surface area contributed by atoms with Crippen LogP contribution in [0.1, 0.15) is 19.4 Å². The van der Waals surface area contributed by atoms with Crippen LogP contribution in [0.4, 0.5) is 5.69 Å². The van der Waals surface area contributed by atoms with E-state index in [0.29, 0.717) is 12.3 Å². The zero-order chi connectivity index (χ0) is 12.1. The standard InChI is InChI=1S/C10H13N.C3H7NO/c1-8-7-9-5-3-4-6-10(9)11(8)2;1-3(4)2-5/h3-6,8H,7H2,1-2H3;2-3H,4H2,1H3/t8-;/m0./s1. The molecular weight excluding hydrogens is 200 g/mol. The maximum absolute atomic E-state index is 9.38. The summed E-state index contributed by atoms with van der Waals surface area (Å²) in [4.78, 5) is 11.7. The quantitative estimate of drug-likeness (QED) is 0.731. The van der Waals surface area contributed by atoms with E-state index in [1.807, 2.05) is 0 Å². The van der Waals surface area contributed by atoms with Crippen LogP contribution < -0.4 is 10.6 Å². The van der Waals surface area contributed by atoms with Crippen LogP contribution in [0.5, 0.6) is 0 Å². The van der Waals surface area contributed by atoms with Crippen molar-refractivity contribution in [2.24, 2.45) is 5.73 Å². The summed E-state index contributed by atoms with van der Waals surface area (Å²) in [5.41, 5.74) is 7.81. The van der Waals surface area contributed by atoms with E-state index >= 15 is 0 Å². The predicted molar refractivity (Wildman–Crippen MR) is 67.7 cm³/mol. The number of carbonyl (C=O) groups excluding carboxylic acids is 1. The second kappa shape index (κ2) is 5.66. The largest absolute Gasteiger partial charge is 0.371 e. The molecule has 2 N–H and O–H groups in total. The molecular formula is C13H20N2O. The molecule has 88 valence electrons. The Balaban J connectivity index is 0.000000221. The molecule has 3 nitrogen and oxygen atoms in total. The van der Waals surface area contributed by atoms with Gasteiger partial charge in [0.2, 0.25) is 0 Å². The van der Waals surface area contributed by atoms with Gasteiger partial charge in [0.25, 0.3) is 0 Å². The predicted octanol–water partition coefficient (Wildman–Crippen LogP) is 1.60. The van der Waals surface area contributed by atoms with Crippen molar-refractivity contribution < 1.29 is 4.79 Å². The van der Waals surface area contributed by atoms with Gasteiger partial charge in [-0.05, 0) is 31.9 Å². The highest BCUT2D eigenvalue weighted by Crippen LogP contribution is 2.29. The van der Waals surface area contributed by atoms with E-state index in [-0.39, 0.29) is 6.04 Å². The van der Waals surface area contributed by atoms with Crippen molar-refractivity contribution in [2.75, 3.05) is 11.9 Å². The number of carbonyl (C=O) groups is 1. The molecule has 0 fully saturated rings. The molecule has 0 radical (unpaired) electrons. The Bertz CT molecular complexity index is 350. The number of aldehydes is 1. The molecule has 2 rings (SSSR count). The minimum absolute atomic E-state index is 0.296. The van der Waals surface area contributed by atoms with Crippen molar-refractivity contribution in [1.82, 2.24) is 0 Å². The fourth-order valence-electron chi connectivity index (χ4n) is 1.72. The fraction of sp³-hybridized carbons (Fsp3) is 0.462. The van der Waals surface area contributed by atoms with Crippen LogP contribution in [0, 0.1) is 0 Å². The lowest BCUT2D eigenvalue weighted by molar-refractivity contribution is -0.108. The molecule has 0 spiro atoms. The first-order valence-corrected chi connectivity index (χ1v) is 5.58. The minimum Gasteiger partial charge on any atom is -0.371 e. The highest BCUT2D eigenvalue weighted by molar-refractivity contribution is 5.58. The van der Waals surface area contributed by atoms with Crippen molar-refractivity contribution in [3.05, 3.63) is 29.8 Å². The van der Waals surface area contributed by atoms with Crippen molar-refractivity contribution in [3.8, 4) is 0 Å². The molecule has 3 heteroatoms. The average Bonchev–Trinajstić information content (AvgIpc) is 2.56. The van der Waals surface area contributed by atoms with Crippen LogP contribution in [0.2, 0.25) is 0 Å². The first-order valence-electron chi connectivity index (χ1n) is 5.58. The molecule has 0 aromatic heterocycles. The van der Waals surface area contributed by atoms with Crippen LogP contribution in [-0.4, -0.2) is 25.4 Å². The molecule has 2 atom stereocenters. The summed E-state index contributed by atoms with van der Waals surface area (Å²) in [6.07, 6.45) is 1.90. The molecule has 1 heterocycles. The van der Waals surface area contributed by atoms with E-state index in [4.69, 9.17) is 5.73 Å². The monoisotopic (exact) mass is 220 g/mol. The number of fused-ring (bicyclic) bond motifs is 1. The average molecular weight is 220 g/mol. The lowest BCUT2D eigenvalue weighted by Crippen LogP contribution is -2.23. The zero-order valence-electron chi connectivity index (χ0n) is 10.2. The number of nitrogens with zero attached hydrogens (tertiary/aromatic N) is 1. The van der Waals surface area contributed by atoms with Crippen molar-refractivity contribution in [3.63, 3.8) is 0 Å². The molecule has 1 aliphatic rings. The number of rotatable bonds is 1. The van der Waals surface area contributed by atoms with Crippen LogP contribution in [0.15, 0.2) is 24.3 Å². The summed E-state index contributed by atoms with van der Waals surface area (Å²) >= 11 is 0.